The predicted octanol–water partition coefficient (Wildman–Crippen LogP) is 2.92. The van der Waals surface area contributed by atoms with Gasteiger partial charge in [0, 0.05) is 24.9 Å². The van der Waals surface area contributed by atoms with E-state index in [2.05, 4.69) is 31.7 Å². The van der Waals surface area contributed by atoms with Crippen molar-refractivity contribution in [1.29, 1.82) is 5.26 Å². The number of nitrogens with zero attached hydrogens (tertiary/aromatic N) is 2. The summed E-state index contributed by atoms with van der Waals surface area (Å²) in [6.45, 7) is 8.25. The lowest BCUT2D eigenvalue weighted by Gasteiger charge is -2.39. The topological polar surface area (TPSA) is 27.0 Å². The second kappa shape index (κ2) is 3.27. The van der Waals surface area contributed by atoms with Gasteiger partial charge in [-0.05, 0) is 30.1 Å². The molecule has 1 aliphatic heterocycles. The molecule has 82 valence electrons. The number of rotatable bonds is 1. The number of likely N-dealkylation sites (tertiary alicyclic amines) is 1. The van der Waals surface area contributed by atoms with Gasteiger partial charge in [0.05, 0.1) is 6.07 Å². The standard InChI is InChI=1S/C13H20N2/c1-12(2)7-11-8-13(3,9-12)10-15(11)6-4-5-14/h4,6,11H,7-10H2,1-3H3/b6-4+. The van der Waals surface area contributed by atoms with Crippen molar-refractivity contribution in [1.82, 2.24) is 4.90 Å². The number of hydrogen-bond acceptors (Lipinski definition) is 2. The minimum absolute atomic E-state index is 0.464. The fraction of sp³-hybridized carbons (Fsp3) is 0.769. The molecule has 2 aliphatic rings. The first-order valence-electron chi connectivity index (χ1n) is 5.76. The van der Waals surface area contributed by atoms with Crippen molar-refractivity contribution < 1.29 is 0 Å². The third-order valence-corrected chi connectivity index (χ3v) is 3.80. The van der Waals surface area contributed by atoms with Crippen LogP contribution in [0.2, 0.25) is 0 Å². The van der Waals surface area contributed by atoms with Gasteiger partial charge in [-0.2, -0.15) is 5.26 Å². The van der Waals surface area contributed by atoms with Crippen molar-refractivity contribution in [2.75, 3.05) is 6.54 Å². The first-order chi connectivity index (χ1) is 6.94. The van der Waals surface area contributed by atoms with E-state index in [1.165, 1.54) is 19.3 Å². The predicted molar refractivity (Wildman–Crippen MR) is 61.0 cm³/mol. The van der Waals surface area contributed by atoms with Gasteiger partial charge < -0.3 is 4.90 Å². The highest BCUT2D eigenvalue weighted by atomic mass is 15.2. The van der Waals surface area contributed by atoms with E-state index >= 15 is 0 Å². The molecule has 0 N–H and O–H groups in total. The van der Waals surface area contributed by atoms with Gasteiger partial charge in [0.2, 0.25) is 0 Å². The van der Waals surface area contributed by atoms with Crippen molar-refractivity contribution in [3.05, 3.63) is 12.3 Å². The fourth-order valence-electron chi connectivity index (χ4n) is 3.81. The first-order valence-corrected chi connectivity index (χ1v) is 5.76. The SMILES string of the molecule is CC1(C)CC2CC(C)(CN2/C=C/C#N)C1. The minimum Gasteiger partial charge on any atom is -0.373 e. The van der Waals surface area contributed by atoms with Gasteiger partial charge in [0.25, 0.3) is 0 Å². The molecule has 2 nitrogen and oxygen atoms in total. The Morgan fingerprint density at radius 3 is 2.73 bits per heavy atom. The molecule has 0 aromatic rings. The smallest absolute Gasteiger partial charge is 0.0927 e. The van der Waals surface area contributed by atoms with E-state index in [0.717, 1.165) is 6.54 Å². The van der Waals surface area contributed by atoms with Gasteiger partial charge in [0.15, 0.2) is 0 Å². The van der Waals surface area contributed by atoms with Crippen molar-refractivity contribution in [2.24, 2.45) is 10.8 Å². The number of nitriles is 1. The summed E-state index contributed by atoms with van der Waals surface area (Å²) in [5, 5.41) is 8.57. The van der Waals surface area contributed by atoms with E-state index in [1.807, 2.05) is 6.20 Å². The summed E-state index contributed by atoms with van der Waals surface area (Å²) in [6, 6.07) is 2.74. The lowest BCUT2D eigenvalue weighted by atomic mass is 9.65. The molecule has 0 amide bonds. The van der Waals surface area contributed by atoms with E-state index in [1.54, 1.807) is 6.08 Å². The Hall–Kier alpha value is -0.970. The zero-order chi connectivity index (χ0) is 11.1. The second-order valence-corrected chi connectivity index (χ2v) is 6.33. The third kappa shape index (κ3) is 2.02. The molecular formula is C13H20N2. The van der Waals surface area contributed by atoms with Crippen LogP contribution in [0.4, 0.5) is 0 Å². The molecule has 2 atom stereocenters. The van der Waals surface area contributed by atoms with Crippen LogP contribution in [0.15, 0.2) is 12.3 Å². The summed E-state index contributed by atoms with van der Waals surface area (Å²) in [6.07, 6.45) is 7.46. The van der Waals surface area contributed by atoms with Gasteiger partial charge in [0.1, 0.15) is 0 Å². The van der Waals surface area contributed by atoms with Crippen LogP contribution in [0.3, 0.4) is 0 Å². The van der Waals surface area contributed by atoms with E-state index in [9.17, 15) is 0 Å². The van der Waals surface area contributed by atoms with Gasteiger partial charge in [-0.15, -0.1) is 0 Å². The average Bonchev–Trinajstić information content (AvgIpc) is 2.31. The summed E-state index contributed by atoms with van der Waals surface area (Å²) in [7, 11) is 0. The molecule has 2 bridgehead atoms. The number of hydrogen-bond donors (Lipinski definition) is 0. The lowest BCUT2D eigenvalue weighted by molar-refractivity contribution is 0.131. The molecule has 0 aromatic heterocycles. The number of allylic oxidation sites excluding steroid dienone is 1. The summed E-state index contributed by atoms with van der Waals surface area (Å²) in [4.78, 5) is 2.37. The first kappa shape index (κ1) is 10.5. The summed E-state index contributed by atoms with van der Waals surface area (Å²) in [5.74, 6) is 0. The van der Waals surface area contributed by atoms with Crippen molar-refractivity contribution in [3.8, 4) is 6.07 Å². The maximum Gasteiger partial charge on any atom is 0.0927 e. The Balaban J connectivity index is 2.17. The van der Waals surface area contributed by atoms with Gasteiger partial charge >= 0.3 is 0 Å². The third-order valence-electron chi connectivity index (χ3n) is 3.80. The quantitative estimate of drug-likeness (QED) is 0.614. The Labute approximate surface area is 92.6 Å². The van der Waals surface area contributed by atoms with Crippen LogP contribution >= 0.6 is 0 Å². The summed E-state index contributed by atoms with van der Waals surface area (Å²) in [5.41, 5.74) is 0.930. The average molecular weight is 204 g/mol. The van der Waals surface area contributed by atoms with E-state index in [0.29, 0.717) is 16.9 Å². The highest BCUT2D eigenvalue weighted by Gasteiger charge is 2.48. The Bertz CT molecular complexity index is 324. The maximum absolute atomic E-state index is 8.57. The largest absolute Gasteiger partial charge is 0.373 e. The zero-order valence-corrected chi connectivity index (χ0v) is 9.95. The molecular weight excluding hydrogens is 184 g/mol. The molecule has 2 unspecified atom stereocenters. The molecule has 2 rings (SSSR count). The second-order valence-electron chi connectivity index (χ2n) is 6.33. The molecule has 0 aromatic carbocycles. The molecule has 0 spiro atoms. The Kier molecular flexibility index (Phi) is 2.30. The monoisotopic (exact) mass is 204 g/mol. The lowest BCUT2D eigenvalue weighted by Crippen LogP contribution is -2.33. The minimum atomic E-state index is 0.464. The van der Waals surface area contributed by atoms with Crippen LogP contribution in [0.1, 0.15) is 40.0 Å². The molecule has 1 aliphatic carbocycles. The van der Waals surface area contributed by atoms with Crippen molar-refractivity contribution in [2.45, 2.75) is 46.1 Å². The normalized spacial score (nSPS) is 38.3. The van der Waals surface area contributed by atoms with Crippen molar-refractivity contribution >= 4 is 0 Å². The summed E-state index contributed by atoms with van der Waals surface area (Å²) >= 11 is 0. The van der Waals surface area contributed by atoms with Crippen molar-refractivity contribution in [3.63, 3.8) is 0 Å². The number of fused-ring (bicyclic) bond motifs is 2. The van der Waals surface area contributed by atoms with Crippen LogP contribution < -0.4 is 0 Å². The molecule has 15 heavy (non-hydrogen) atoms. The van der Waals surface area contributed by atoms with Crippen LogP contribution in [0, 0.1) is 22.2 Å². The van der Waals surface area contributed by atoms with Crippen LogP contribution in [-0.4, -0.2) is 17.5 Å². The van der Waals surface area contributed by atoms with Crippen LogP contribution in [0.5, 0.6) is 0 Å². The van der Waals surface area contributed by atoms with Gasteiger partial charge in [-0.25, -0.2) is 0 Å². The molecule has 1 heterocycles. The Morgan fingerprint density at radius 2 is 2.07 bits per heavy atom. The fourth-order valence-corrected chi connectivity index (χ4v) is 3.81. The molecule has 1 saturated heterocycles. The highest BCUT2D eigenvalue weighted by molar-refractivity contribution is 5.09. The Morgan fingerprint density at radius 1 is 1.33 bits per heavy atom. The summed E-state index contributed by atoms with van der Waals surface area (Å²) < 4.78 is 0. The highest BCUT2D eigenvalue weighted by Crippen LogP contribution is 2.52. The van der Waals surface area contributed by atoms with Crippen LogP contribution in [0.25, 0.3) is 0 Å². The van der Waals surface area contributed by atoms with Gasteiger partial charge in [-0.1, -0.05) is 20.8 Å². The van der Waals surface area contributed by atoms with Crippen LogP contribution in [-0.2, 0) is 0 Å². The van der Waals surface area contributed by atoms with E-state index in [-0.39, 0.29) is 0 Å². The van der Waals surface area contributed by atoms with E-state index < -0.39 is 0 Å². The molecule has 1 saturated carbocycles. The van der Waals surface area contributed by atoms with Gasteiger partial charge in [-0.3, -0.25) is 0 Å². The molecule has 0 radical (unpaired) electrons. The maximum atomic E-state index is 8.57. The molecule has 2 fully saturated rings. The van der Waals surface area contributed by atoms with E-state index in [4.69, 9.17) is 5.26 Å². The zero-order valence-electron chi connectivity index (χ0n) is 9.95. The molecule has 2 heteroatoms.